The number of nitrogens with one attached hydrogen (secondary N) is 2. The van der Waals surface area contributed by atoms with Crippen LogP contribution in [-0.4, -0.2) is 40.9 Å². The van der Waals surface area contributed by atoms with E-state index in [1.807, 2.05) is 6.92 Å². The molecule has 2 aromatic rings. The van der Waals surface area contributed by atoms with Crippen molar-refractivity contribution in [3.05, 3.63) is 47.5 Å². The lowest BCUT2D eigenvalue weighted by molar-refractivity contribution is -0.118. The average molecular weight is 420 g/mol. The Morgan fingerprint density at radius 2 is 1.90 bits per heavy atom. The largest absolute Gasteiger partial charge is 0.493 e. The maximum absolute atomic E-state index is 12.2. The summed E-state index contributed by atoms with van der Waals surface area (Å²) in [5, 5.41) is 2.59. The molecule has 29 heavy (non-hydrogen) atoms. The topological polar surface area (TPSA) is 111 Å². The summed E-state index contributed by atoms with van der Waals surface area (Å²) in [7, 11) is -2.33. The number of ether oxygens (including phenoxy) is 2. The van der Waals surface area contributed by atoms with Gasteiger partial charge >= 0.3 is 0 Å². The molecular formula is C20H24N2O6S. The zero-order chi connectivity index (χ0) is 21.4. The standard InChI is InChI=1S/C20H24N2O6S/c1-4-9-27-17-8-6-15(12-23)18(11-17)28-13-20(24)22-16-7-5-14(2)19(10-16)29(25,26)21-3/h5-8,10-12,21H,4,9,13H2,1-3H3,(H,22,24). The number of aldehydes is 1. The van der Waals surface area contributed by atoms with E-state index < -0.39 is 15.9 Å². The second kappa shape index (κ2) is 10.0. The van der Waals surface area contributed by atoms with Gasteiger partial charge in [0.1, 0.15) is 11.5 Å². The van der Waals surface area contributed by atoms with Crippen molar-refractivity contribution in [2.75, 3.05) is 25.6 Å². The van der Waals surface area contributed by atoms with E-state index in [4.69, 9.17) is 9.47 Å². The minimum Gasteiger partial charge on any atom is -0.493 e. The van der Waals surface area contributed by atoms with Crippen molar-refractivity contribution in [2.45, 2.75) is 25.2 Å². The van der Waals surface area contributed by atoms with Crippen LogP contribution in [0.5, 0.6) is 11.5 Å². The minimum absolute atomic E-state index is 0.0720. The Bertz CT molecular complexity index is 988. The molecule has 0 aromatic heterocycles. The van der Waals surface area contributed by atoms with Gasteiger partial charge in [0.05, 0.1) is 17.1 Å². The zero-order valence-corrected chi connectivity index (χ0v) is 17.3. The first-order valence-electron chi connectivity index (χ1n) is 8.99. The smallest absolute Gasteiger partial charge is 0.262 e. The number of hydrogen-bond donors (Lipinski definition) is 2. The highest BCUT2D eigenvalue weighted by Gasteiger charge is 2.16. The van der Waals surface area contributed by atoms with Gasteiger partial charge in [0.2, 0.25) is 10.0 Å². The van der Waals surface area contributed by atoms with Gasteiger partial charge in [-0.25, -0.2) is 13.1 Å². The molecule has 0 bridgehead atoms. The Morgan fingerprint density at radius 3 is 2.55 bits per heavy atom. The number of carbonyl (C=O) groups excluding carboxylic acids is 2. The summed E-state index contributed by atoms with van der Waals surface area (Å²) >= 11 is 0. The van der Waals surface area contributed by atoms with Gasteiger partial charge in [0.25, 0.3) is 5.91 Å². The molecule has 0 atom stereocenters. The summed E-state index contributed by atoms with van der Waals surface area (Å²) in [5.74, 6) is 0.262. The van der Waals surface area contributed by atoms with Crippen LogP contribution in [0.25, 0.3) is 0 Å². The Kier molecular flexibility index (Phi) is 7.74. The maximum Gasteiger partial charge on any atom is 0.262 e. The van der Waals surface area contributed by atoms with Gasteiger partial charge in [0.15, 0.2) is 12.9 Å². The molecule has 156 valence electrons. The van der Waals surface area contributed by atoms with Crippen LogP contribution in [0, 0.1) is 6.92 Å². The maximum atomic E-state index is 12.2. The zero-order valence-electron chi connectivity index (χ0n) is 16.5. The van der Waals surface area contributed by atoms with E-state index in [0.717, 1.165) is 6.42 Å². The Labute approximate surface area is 170 Å². The number of anilines is 1. The molecule has 8 nitrogen and oxygen atoms in total. The first-order chi connectivity index (χ1) is 13.8. The normalized spacial score (nSPS) is 11.0. The summed E-state index contributed by atoms with van der Waals surface area (Å²) in [4.78, 5) is 23.5. The monoisotopic (exact) mass is 420 g/mol. The molecule has 1 amide bonds. The van der Waals surface area contributed by atoms with Crippen LogP contribution in [0.3, 0.4) is 0 Å². The number of sulfonamides is 1. The van der Waals surface area contributed by atoms with Crippen LogP contribution in [-0.2, 0) is 14.8 Å². The number of hydrogen-bond acceptors (Lipinski definition) is 6. The number of benzene rings is 2. The number of rotatable bonds is 10. The summed E-state index contributed by atoms with van der Waals surface area (Å²) in [5.41, 5.74) is 1.15. The molecule has 0 aliphatic rings. The second-order valence-electron chi connectivity index (χ2n) is 6.19. The van der Waals surface area contributed by atoms with Crippen molar-refractivity contribution in [3.8, 4) is 11.5 Å². The lowest BCUT2D eigenvalue weighted by Gasteiger charge is -2.12. The van der Waals surface area contributed by atoms with Crippen molar-refractivity contribution in [1.82, 2.24) is 4.72 Å². The number of amides is 1. The molecule has 0 unspecified atom stereocenters. The Morgan fingerprint density at radius 1 is 1.14 bits per heavy atom. The predicted molar refractivity (Wildman–Crippen MR) is 109 cm³/mol. The fraction of sp³-hybridized carbons (Fsp3) is 0.300. The molecule has 2 aromatic carbocycles. The van der Waals surface area contributed by atoms with Crippen molar-refractivity contribution in [1.29, 1.82) is 0 Å². The molecule has 0 heterocycles. The second-order valence-corrected chi connectivity index (χ2v) is 8.05. The minimum atomic E-state index is -3.65. The highest BCUT2D eigenvalue weighted by Crippen LogP contribution is 2.24. The van der Waals surface area contributed by atoms with Gasteiger partial charge in [-0.15, -0.1) is 0 Å². The fourth-order valence-corrected chi connectivity index (χ4v) is 3.46. The SMILES string of the molecule is CCCOc1ccc(C=O)c(OCC(=O)Nc2ccc(C)c(S(=O)(=O)NC)c2)c1. The lowest BCUT2D eigenvalue weighted by atomic mass is 10.2. The van der Waals surface area contributed by atoms with E-state index in [1.165, 1.54) is 13.1 Å². The molecule has 0 aliphatic carbocycles. The first-order valence-corrected chi connectivity index (χ1v) is 10.5. The first kappa shape index (κ1) is 22.4. The van der Waals surface area contributed by atoms with E-state index in [0.29, 0.717) is 35.5 Å². The summed E-state index contributed by atoms with van der Waals surface area (Å²) in [6, 6.07) is 9.32. The third kappa shape index (κ3) is 6.03. The van der Waals surface area contributed by atoms with Crippen LogP contribution in [0.15, 0.2) is 41.3 Å². The van der Waals surface area contributed by atoms with Crippen LogP contribution in [0.2, 0.25) is 0 Å². The molecule has 0 saturated heterocycles. The van der Waals surface area contributed by atoms with Gasteiger partial charge in [-0.2, -0.15) is 0 Å². The Hall–Kier alpha value is -2.91. The van der Waals surface area contributed by atoms with Crippen LogP contribution < -0.4 is 19.5 Å². The Balaban J connectivity index is 2.09. The number of carbonyl (C=O) groups is 2. The van der Waals surface area contributed by atoms with Gasteiger partial charge in [-0.1, -0.05) is 13.0 Å². The van der Waals surface area contributed by atoms with E-state index >= 15 is 0 Å². The summed E-state index contributed by atoms with van der Waals surface area (Å²) < 4.78 is 37.3. The molecule has 2 rings (SSSR count). The number of aryl methyl sites for hydroxylation is 1. The van der Waals surface area contributed by atoms with Gasteiger partial charge < -0.3 is 14.8 Å². The van der Waals surface area contributed by atoms with Crippen LogP contribution in [0.4, 0.5) is 5.69 Å². The molecule has 2 N–H and O–H groups in total. The molecular weight excluding hydrogens is 396 g/mol. The quantitative estimate of drug-likeness (QED) is 0.572. The fourth-order valence-electron chi connectivity index (χ4n) is 2.46. The average Bonchev–Trinajstić information content (AvgIpc) is 2.72. The van der Waals surface area contributed by atoms with Crippen molar-refractivity contribution in [2.24, 2.45) is 0 Å². The third-order valence-corrected chi connectivity index (χ3v) is 5.53. The van der Waals surface area contributed by atoms with Crippen LogP contribution in [0.1, 0.15) is 29.3 Å². The van der Waals surface area contributed by atoms with E-state index in [-0.39, 0.29) is 17.3 Å². The molecule has 9 heteroatoms. The van der Waals surface area contributed by atoms with Gasteiger partial charge in [-0.05, 0) is 50.2 Å². The van der Waals surface area contributed by atoms with E-state index in [2.05, 4.69) is 10.0 Å². The molecule has 0 spiro atoms. The summed E-state index contributed by atoms with van der Waals surface area (Å²) in [6.07, 6.45) is 1.46. The van der Waals surface area contributed by atoms with Crippen molar-refractivity contribution >= 4 is 27.9 Å². The molecule has 0 aliphatic heterocycles. The van der Waals surface area contributed by atoms with Gasteiger partial charge in [0, 0.05) is 11.8 Å². The molecule has 0 radical (unpaired) electrons. The van der Waals surface area contributed by atoms with E-state index in [9.17, 15) is 18.0 Å². The van der Waals surface area contributed by atoms with Crippen molar-refractivity contribution < 1.29 is 27.5 Å². The third-order valence-electron chi connectivity index (χ3n) is 3.97. The molecule has 0 fully saturated rings. The molecule has 0 saturated carbocycles. The summed E-state index contributed by atoms with van der Waals surface area (Å²) in [6.45, 7) is 3.79. The lowest BCUT2D eigenvalue weighted by Crippen LogP contribution is -2.22. The van der Waals surface area contributed by atoms with Crippen molar-refractivity contribution in [3.63, 3.8) is 0 Å². The predicted octanol–water partition coefficient (Wildman–Crippen LogP) is 2.52. The van der Waals surface area contributed by atoms with Gasteiger partial charge in [-0.3, -0.25) is 9.59 Å². The highest BCUT2D eigenvalue weighted by molar-refractivity contribution is 7.89. The highest BCUT2D eigenvalue weighted by atomic mass is 32.2. The van der Waals surface area contributed by atoms with Crippen LogP contribution >= 0.6 is 0 Å². The van der Waals surface area contributed by atoms with E-state index in [1.54, 1.807) is 37.3 Å².